The molecule has 0 saturated heterocycles. The van der Waals surface area contributed by atoms with E-state index in [0.29, 0.717) is 5.92 Å². The molecule has 0 bridgehead atoms. The third-order valence-corrected chi connectivity index (χ3v) is 7.35. The van der Waals surface area contributed by atoms with Crippen LogP contribution in [0.15, 0.2) is 133 Å². The molecular formula is C34H24. The van der Waals surface area contributed by atoms with Crippen LogP contribution >= 0.6 is 0 Å². The topological polar surface area (TPSA) is 0 Å². The van der Waals surface area contributed by atoms with Gasteiger partial charge in [0.25, 0.3) is 0 Å². The van der Waals surface area contributed by atoms with E-state index in [9.17, 15) is 0 Å². The molecule has 0 nitrogen and oxygen atoms in total. The first-order valence-corrected chi connectivity index (χ1v) is 12.1. The Morgan fingerprint density at radius 2 is 1.21 bits per heavy atom. The SMILES string of the molecule is C1=CCC2C=CC(c3c4ccccc4c(-c4cccc5ccccc45)c4ccccc34)=CC2=C1. The van der Waals surface area contributed by atoms with Crippen molar-refractivity contribution in [2.75, 3.05) is 0 Å². The van der Waals surface area contributed by atoms with Gasteiger partial charge in [-0.2, -0.15) is 0 Å². The van der Waals surface area contributed by atoms with Crippen molar-refractivity contribution in [1.29, 1.82) is 0 Å². The number of allylic oxidation sites excluding steroid dienone is 8. The number of hydrogen-bond donors (Lipinski definition) is 0. The molecule has 0 heteroatoms. The van der Waals surface area contributed by atoms with Crippen LogP contribution in [0.5, 0.6) is 0 Å². The van der Waals surface area contributed by atoms with Crippen molar-refractivity contribution >= 4 is 37.9 Å². The van der Waals surface area contributed by atoms with Crippen LogP contribution in [-0.2, 0) is 0 Å². The van der Waals surface area contributed by atoms with Crippen molar-refractivity contribution in [2.45, 2.75) is 6.42 Å². The molecule has 0 heterocycles. The molecule has 0 fully saturated rings. The summed E-state index contributed by atoms with van der Waals surface area (Å²) in [4.78, 5) is 0. The Bertz CT molecular complexity index is 1660. The molecule has 0 radical (unpaired) electrons. The molecule has 5 aromatic carbocycles. The summed E-state index contributed by atoms with van der Waals surface area (Å²) in [6, 6.07) is 33.2. The summed E-state index contributed by atoms with van der Waals surface area (Å²) in [5.74, 6) is 0.501. The minimum absolute atomic E-state index is 0.501. The lowest BCUT2D eigenvalue weighted by Crippen LogP contribution is -2.05. The zero-order valence-electron chi connectivity index (χ0n) is 18.9. The number of fused-ring (bicyclic) bond motifs is 4. The van der Waals surface area contributed by atoms with Crippen LogP contribution in [0.4, 0.5) is 0 Å². The van der Waals surface area contributed by atoms with E-state index in [-0.39, 0.29) is 0 Å². The van der Waals surface area contributed by atoms with Crippen LogP contribution in [0.25, 0.3) is 49.0 Å². The molecule has 0 spiro atoms. The highest BCUT2D eigenvalue weighted by molar-refractivity contribution is 6.22. The predicted octanol–water partition coefficient (Wildman–Crippen LogP) is 9.27. The third-order valence-electron chi connectivity index (χ3n) is 7.35. The fraction of sp³-hybridized carbons (Fsp3) is 0.0588. The zero-order valence-corrected chi connectivity index (χ0v) is 18.9. The largest absolute Gasteiger partial charge is 0.0836 e. The monoisotopic (exact) mass is 432 g/mol. The van der Waals surface area contributed by atoms with Crippen molar-refractivity contribution in [3.8, 4) is 11.1 Å². The zero-order chi connectivity index (χ0) is 22.5. The van der Waals surface area contributed by atoms with Crippen molar-refractivity contribution < 1.29 is 0 Å². The predicted molar refractivity (Wildman–Crippen MR) is 147 cm³/mol. The maximum Gasteiger partial charge on any atom is 0.00561 e. The fourth-order valence-electron chi connectivity index (χ4n) is 5.78. The van der Waals surface area contributed by atoms with Crippen molar-refractivity contribution in [3.05, 3.63) is 139 Å². The summed E-state index contributed by atoms with van der Waals surface area (Å²) < 4.78 is 0. The molecule has 5 aromatic rings. The van der Waals surface area contributed by atoms with Crippen molar-refractivity contribution in [2.24, 2.45) is 5.92 Å². The molecule has 34 heavy (non-hydrogen) atoms. The first kappa shape index (κ1) is 19.3. The van der Waals surface area contributed by atoms with E-state index in [1.165, 1.54) is 60.2 Å². The Balaban J connectivity index is 1.61. The van der Waals surface area contributed by atoms with Crippen LogP contribution < -0.4 is 0 Å². The Morgan fingerprint density at radius 1 is 0.588 bits per heavy atom. The summed E-state index contributed by atoms with van der Waals surface area (Å²) >= 11 is 0. The lowest BCUT2D eigenvalue weighted by atomic mass is 9.80. The van der Waals surface area contributed by atoms with Gasteiger partial charge in [0.1, 0.15) is 0 Å². The van der Waals surface area contributed by atoms with Gasteiger partial charge in [0.2, 0.25) is 0 Å². The minimum Gasteiger partial charge on any atom is -0.0836 e. The van der Waals surface area contributed by atoms with Crippen LogP contribution in [0.2, 0.25) is 0 Å². The van der Waals surface area contributed by atoms with Gasteiger partial charge < -0.3 is 0 Å². The van der Waals surface area contributed by atoms with Gasteiger partial charge in [-0.1, -0.05) is 127 Å². The molecule has 7 rings (SSSR count). The quantitative estimate of drug-likeness (QED) is 0.244. The molecule has 1 unspecified atom stereocenters. The van der Waals surface area contributed by atoms with Gasteiger partial charge >= 0.3 is 0 Å². The van der Waals surface area contributed by atoms with Crippen LogP contribution in [0.3, 0.4) is 0 Å². The number of hydrogen-bond acceptors (Lipinski definition) is 0. The second-order valence-corrected chi connectivity index (χ2v) is 9.26. The van der Waals surface area contributed by atoms with Gasteiger partial charge in [-0.25, -0.2) is 0 Å². The second kappa shape index (κ2) is 7.71. The normalized spacial score (nSPS) is 17.1. The molecule has 0 N–H and O–H groups in total. The highest BCUT2D eigenvalue weighted by Crippen LogP contribution is 2.45. The van der Waals surface area contributed by atoms with E-state index in [1.807, 2.05) is 0 Å². The Hall–Kier alpha value is -4.16. The van der Waals surface area contributed by atoms with Gasteiger partial charge in [0, 0.05) is 5.92 Å². The van der Waals surface area contributed by atoms with Crippen molar-refractivity contribution in [1.82, 2.24) is 0 Å². The maximum atomic E-state index is 2.40. The average Bonchev–Trinajstić information content (AvgIpc) is 2.91. The van der Waals surface area contributed by atoms with Crippen molar-refractivity contribution in [3.63, 3.8) is 0 Å². The third kappa shape index (κ3) is 2.92. The lowest BCUT2D eigenvalue weighted by molar-refractivity contribution is 0.781. The molecule has 0 aliphatic heterocycles. The highest BCUT2D eigenvalue weighted by Gasteiger charge is 2.21. The standard InChI is InChI=1S/C34H24/c1-2-12-25-22-26(21-20-23(25)10-1)33-29-15-5-7-17-31(29)34(32-18-8-6-16-30(32)33)28-19-9-13-24-11-3-4-14-27(24)28/h1-9,11-23H,10H2. The molecule has 0 saturated carbocycles. The number of rotatable bonds is 2. The average molecular weight is 433 g/mol. The first-order valence-electron chi connectivity index (χ1n) is 12.1. The van der Waals surface area contributed by atoms with Gasteiger partial charge in [-0.05, 0) is 66.6 Å². The van der Waals surface area contributed by atoms with E-state index in [1.54, 1.807) is 0 Å². The summed E-state index contributed by atoms with van der Waals surface area (Å²) in [6.07, 6.45) is 14.9. The second-order valence-electron chi connectivity index (χ2n) is 9.26. The minimum atomic E-state index is 0.501. The van der Waals surface area contributed by atoms with E-state index >= 15 is 0 Å². The van der Waals surface area contributed by atoms with E-state index in [0.717, 1.165) is 6.42 Å². The highest BCUT2D eigenvalue weighted by atomic mass is 14.2. The van der Waals surface area contributed by atoms with Gasteiger partial charge in [-0.3, -0.25) is 0 Å². The molecule has 160 valence electrons. The molecular weight excluding hydrogens is 408 g/mol. The Kier molecular flexibility index (Phi) is 4.38. The molecule has 1 atom stereocenters. The van der Waals surface area contributed by atoms with Crippen LogP contribution in [0, 0.1) is 5.92 Å². The Morgan fingerprint density at radius 3 is 1.94 bits per heavy atom. The first-order chi connectivity index (χ1) is 16.9. The number of benzene rings is 5. The summed E-state index contributed by atoms with van der Waals surface area (Å²) in [5.41, 5.74) is 6.66. The molecule has 2 aliphatic rings. The van der Waals surface area contributed by atoms with Gasteiger partial charge in [-0.15, -0.1) is 0 Å². The fourth-order valence-corrected chi connectivity index (χ4v) is 5.78. The lowest BCUT2D eigenvalue weighted by Gasteiger charge is -2.23. The molecule has 0 aromatic heterocycles. The van der Waals surface area contributed by atoms with Gasteiger partial charge in [0.05, 0.1) is 0 Å². The van der Waals surface area contributed by atoms with E-state index in [2.05, 4.69) is 127 Å². The smallest absolute Gasteiger partial charge is 0.00561 e. The summed E-state index contributed by atoms with van der Waals surface area (Å²) in [7, 11) is 0. The van der Waals surface area contributed by atoms with Crippen LogP contribution in [0.1, 0.15) is 12.0 Å². The summed E-state index contributed by atoms with van der Waals surface area (Å²) in [5, 5.41) is 7.81. The summed E-state index contributed by atoms with van der Waals surface area (Å²) in [6.45, 7) is 0. The Labute approximate surface area is 199 Å². The molecule has 0 amide bonds. The maximum absolute atomic E-state index is 2.40. The van der Waals surface area contributed by atoms with E-state index in [4.69, 9.17) is 0 Å². The molecule has 2 aliphatic carbocycles. The van der Waals surface area contributed by atoms with Crippen LogP contribution in [-0.4, -0.2) is 0 Å². The van der Waals surface area contributed by atoms with Gasteiger partial charge in [0.15, 0.2) is 0 Å². The van der Waals surface area contributed by atoms with E-state index < -0.39 is 0 Å².